The van der Waals surface area contributed by atoms with Gasteiger partial charge in [-0.25, -0.2) is 4.79 Å². The van der Waals surface area contributed by atoms with Crippen LogP contribution in [0.1, 0.15) is 17.5 Å². The Morgan fingerprint density at radius 2 is 1.97 bits per heavy atom. The molecule has 1 aliphatic rings. The second-order valence-electron chi connectivity index (χ2n) is 7.24. The number of rotatable bonds is 6. The molecule has 0 bridgehead atoms. The summed E-state index contributed by atoms with van der Waals surface area (Å²) in [7, 11) is 0. The average molecular weight is 427 g/mol. The Morgan fingerprint density at radius 3 is 2.73 bits per heavy atom. The number of hydrogen-bond donors (Lipinski definition) is 3. The number of fused-ring (bicyclic) bond motifs is 1. The SMILES string of the molecule is CSCC[C@@H](NC(=O)N1CC(=O)Nc2ccccc21)C(=O)Nc1cc(C)ccc1C. The number of urea groups is 1. The zero-order valence-electron chi connectivity index (χ0n) is 17.3. The number of para-hydroxylation sites is 2. The van der Waals surface area contributed by atoms with Crippen LogP contribution in [-0.2, 0) is 9.59 Å². The average Bonchev–Trinajstić information content (AvgIpc) is 2.72. The molecular formula is C22H26N4O3S. The molecule has 3 rings (SSSR count). The molecule has 8 heteroatoms. The lowest BCUT2D eigenvalue weighted by Crippen LogP contribution is -2.53. The van der Waals surface area contributed by atoms with Crippen LogP contribution in [0.3, 0.4) is 0 Å². The maximum absolute atomic E-state index is 13.0. The van der Waals surface area contributed by atoms with Crippen LogP contribution in [0.4, 0.5) is 21.9 Å². The smallest absolute Gasteiger partial charge is 0.323 e. The topological polar surface area (TPSA) is 90.5 Å². The number of benzene rings is 2. The van der Waals surface area contributed by atoms with Gasteiger partial charge >= 0.3 is 6.03 Å². The van der Waals surface area contributed by atoms with Crippen LogP contribution in [0.15, 0.2) is 42.5 Å². The molecule has 158 valence electrons. The summed E-state index contributed by atoms with van der Waals surface area (Å²) >= 11 is 1.60. The van der Waals surface area contributed by atoms with Gasteiger partial charge in [-0.05, 0) is 61.6 Å². The number of carbonyl (C=O) groups is 3. The lowest BCUT2D eigenvalue weighted by molar-refractivity contribution is -0.118. The fourth-order valence-corrected chi connectivity index (χ4v) is 3.71. The zero-order chi connectivity index (χ0) is 21.7. The highest BCUT2D eigenvalue weighted by atomic mass is 32.2. The molecule has 0 aromatic heterocycles. The molecule has 7 nitrogen and oxygen atoms in total. The molecule has 0 radical (unpaired) electrons. The van der Waals surface area contributed by atoms with Gasteiger partial charge in [-0.15, -0.1) is 0 Å². The number of thioether (sulfide) groups is 1. The van der Waals surface area contributed by atoms with E-state index < -0.39 is 12.1 Å². The highest BCUT2D eigenvalue weighted by Gasteiger charge is 2.29. The first kappa shape index (κ1) is 21.7. The van der Waals surface area contributed by atoms with Gasteiger partial charge in [0.1, 0.15) is 12.6 Å². The van der Waals surface area contributed by atoms with Crippen LogP contribution in [0, 0.1) is 13.8 Å². The fourth-order valence-electron chi connectivity index (χ4n) is 3.24. The third-order valence-electron chi connectivity index (χ3n) is 4.89. The first-order valence-corrected chi connectivity index (χ1v) is 11.1. The third kappa shape index (κ3) is 5.13. The maximum atomic E-state index is 13.0. The number of carbonyl (C=O) groups excluding carboxylic acids is 3. The van der Waals surface area contributed by atoms with Gasteiger partial charge in [0.2, 0.25) is 11.8 Å². The van der Waals surface area contributed by atoms with Crippen molar-refractivity contribution in [1.82, 2.24) is 5.32 Å². The maximum Gasteiger partial charge on any atom is 0.323 e. The summed E-state index contributed by atoms with van der Waals surface area (Å²) < 4.78 is 0. The lowest BCUT2D eigenvalue weighted by Gasteiger charge is -2.30. The van der Waals surface area contributed by atoms with E-state index in [1.807, 2.05) is 38.3 Å². The summed E-state index contributed by atoms with van der Waals surface area (Å²) in [6.45, 7) is 3.78. The third-order valence-corrected chi connectivity index (χ3v) is 5.54. The zero-order valence-corrected chi connectivity index (χ0v) is 18.1. The van der Waals surface area contributed by atoms with Crippen LogP contribution >= 0.6 is 11.8 Å². The van der Waals surface area contributed by atoms with Gasteiger partial charge in [0.05, 0.1) is 11.4 Å². The Morgan fingerprint density at radius 1 is 1.20 bits per heavy atom. The molecule has 0 saturated heterocycles. The Balaban J connectivity index is 1.77. The first-order valence-electron chi connectivity index (χ1n) is 9.73. The summed E-state index contributed by atoms with van der Waals surface area (Å²) in [5.41, 5.74) is 3.89. The summed E-state index contributed by atoms with van der Waals surface area (Å²) in [6, 6.07) is 11.7. The van der Waals surface area contributed by atoms with Gasteiger partial charge in [0.25, 0.3) is 0 Å². The van der Waals surface area contributed by atoms with Gasteiger partial charge in [0, 0.05) is 5.69 Å². The van der Waals surface area contributed by atoms with Crippen LogP contribution in [0.2, 0.25) is 0 Å². The summed E-state index contributed by atoms with van der Waals surface area (Å²) in [5.74, 6) is 0.160. The lowest BCUT2D eigenvalue weighted by atomic mass is 10.1. The molecular weight excluding hydrogens is 400 g/mol. The quantitative estimate of drug-likeness (QED) is 0.659. The predicted molar refractivity (Wildman–Crippen MR) is 122 cm³/mol. The molecule has 30 heavy (non-hydrogen) atoms. The van der Waals surface area contributed by atoms with Crippen molar-refractivity contribution in [2.75, 3.05) is 34.1 Å². The first-order chi connectivity index (χ1) is 14.4. The molecule has 0 unspecified atom stereocenters. The van der Waals surface area contributed by atoms with E-state index in [4.69, 9.17) is 0 Å². The molecule has 3 N–H and O–H groups in total. The van der Waals surface area contributed by atoms with Crippen molar-refractivity contribution < 1.29 is 14.4 Å². The van der Waals surface area contributed by atoms with Crippen molar-refractivity contribution in [3.05, 3.63) is 53.6 Å². The van der Waals surface area contributed by atoms with Gasteiger partial charge < -0.3 is 16.0 Å². The summed E-state index contributed by atoms with van der Waals surface area (Å²) in [4.78, 5) is 39.4. The van der Waals surface area contributed by atoms with Crippen LogP contribution < -0.4 is 20.9 Å². The van der Waals surface area contributed by atoms with Crippen molar-refractivity contribution in [2.45, 2.75) is 26.3 Å². The monoisotopic (exact) mass is 426 g/mol. The largest absolute Gasteiger partial charge is 0.326 e. The number of hydrogen-bond acceptors (Lipinski definition) is 4. The predicted octanol–water partition coefficient (Wildman–Crippen LogP) is 3.53. The Labute approximate surface area is 180 Å². The van der Waals surface area contributed by atoms with Crippen molar-refractivity contribution >= 4 is 46.7 Å². The van der Waals surface area contributed by atoms with E-state index >= 15 is 0 Å². The van der Waals surface area contributed by atoms with E-state index in [2.05, 4.69) is 16.0 Å². The van der Waals surface area contributed by atoms with Gasteiger partial charge in [0.15, 0.2) is 0 Å². The van der Waals surface area contributed by atoms with E-state index in [0.29, 0.717) is 23.5 Å². The molecule has 2 aromatic rings. The normalized spacial score (nSPS) is 13.8. The minimum Gasteiger partial charge on any atom is -0.326 e. The Bertz CT molecular complexity index is 963. The van der Waals surface area contributed by atoms with Crippen molar-refractivity contribution in [1.29, 1.82) is 0 Å². The molecule has 0 fully saturated rings. The number of nitrogens with one attached hydrogen (secondary N) is 3. The Hall–Kier alpha value is -3.00. The van der Waals surface area contributed by atoms with E-state index in [9.17, 15) is 14.4 Å². The standard InChI is InChI=1S/C22H26N4O3S/c1-14-8-9-15(2)18(12-14)24-21(28)17(10-11-30-3)25-22(29)26-13-20(27)23-16-6-4-5-7-19(16)26/h4-9,12,17H,10-11,13H2,1-3H3,(H,23,27)(H,24,28)(H,25,29)/t17-/m1/s1. The van der Waals surface area contributed by atoms with E-state index in [1.54, 1.807) is 36.0 Å². The van der Waals surface area contributed by atoms with Gasteiger partial charge in [-0.1, -0.05) is 24.3 Å². The van der Waals surface area contributed by atoms with Crippen LogP contribution in [0.25, 0.3) is 0 Å². The number of aryl methyl sites for hydroxylation is 2. The highest BCUT2D eigenvalue weighted by Crippen LogP contribution is 2.29. The second-order valence-corrected chi connectivity index (χ2v) is 8.23. The molecule has 2 aromatic carbocycles. The summed E-state index contributed by atoms with van der Waals surface area (Å²) in [5, 5.41) is 8.51. The molecule has 0 spiro atoms. The molecule has 0 saturated carbocycles. The molecule has 4 amide bonds. The van der Waals surface area contributed by atoms with Gasteiger partial charge in [-0.3, -0.25) is 14.5 Å². The Kier molecular flexibility index (Phi) is 6.99. The highest BCUT2D eigenvalue weighted by molar-refractivity contribution is 7.98. The number of nitrogens with zero attached hydrogens (tertiary/aromatic N) is 1. The van der Waals surface area contributed by atoms with Crippen LogP contribution in [-0.4, -0.2) is 42.4 Å². The van der Waals surface area contributed by atoms with Crippen LogP contribution in [0.5, 0.6) is 0 Å². The minimum atomic E-state index is -0.720. The van der Waals surface area contributed by atoms with Gasteiger partial charge in [-0.2, -0.15) is 11.8 Å². The molecule has 0 aliphatic carbocycles. The van der Waals surface area contributed by atoms with Crippen molar-refractivity contribution in [3.8, 4) is 0 Å². The summed E-state index contributed by atoms with van der Waals surface area (Å²) in [6.07, 6.45) is 2.43. The van der Waals surface area contributed by atoms with E-state index in [1.165, 1.54) is 4.90 Å². The fraction of sp³-hybridized carbons (Fsp3) is 0.318. The van der Waals surface area contributed by atoms with E-state index in [-0.39, 0.29) is 18.4 Å². The number of anilines is 3. The molecule has 1 heterocycles. The second kappa shape index (κ2) is 9.67. The molecule has 1 atom stereocenters. The van der Waals surface area contributed by atoms with E-state index in [0.717, 1.165) is 16.8 Å². The van der Waals surface area contributed by atoms with Crippen molar-refractivity contribution in [3.63, 3.8) is 0 Å². The number of amides is 4. The van der Waals surface area contributed by atoms with Crippen molar-refractivity contribution in [2.24, 2.45) is 0 Å². The minimum absolute atomic E-state index is 0.100. The molecule has 1 aliphatic heterocycles.